The zero-order chi connectivity index (χ0) is 19.6. The van der Waals surface area contributed by atoms with Crippen LogP contribution in [0.15, 0.2) is 54.6 Å². The monoisotopic (exact) mass is 367 g/mol. The van der Waals surface area contributed by atoms with Crippen LogP contribution in [0.1, 0.15) is 36.1 Å². The Hall–Kier alpha value is -3.08. The number of amides is 1. The predicted molar refractivity (Wildman–Crippen MR) is 105 cm³/mol. The Kier molecular flexibility index (Phi) is 7.62. The maximum absolute atomic E-state index is 12.1. The third kappa shape index (κ3) is 6.62. The van der Waals surface area contributed by atoms with E-state index in [1.54, 1.807) is 25.3 Å². The van der Waals surface area contributed by atoms with E-state index >= 15 is 0 Å². The molecule has 1 N–H and O–H groups in total. The van der Waals surface area contributed by atoms with Crippen molar-refractivity contribution in [1.29, 1.82) is 0 Å². The molecule has 0 spiro atoms. The number of nitrogens with one attached hydrogen (secondary N) is 1. The van der Waals surface area contributed by atoms with Crippen molar-refractivity contribution < 1.29 is 19.1 Å². The lowest BCUT2D eigenvalue weighted by Crippen LogP contribution is -2.32. The molecule has 0 unspecified atom stereocenters. The van der Waals surface area contributed by atoms with Crippen LogP contribution in [0.4, 0.5) is 0 Å². The van der Waals surface area contributed by atoms with Gasteiger partial charge in [0.25, 0.3) is 5.91 Å². The van der Waals surface area contributed by atoms with Gasteiger partial charge in [0.2, 0.25) is 0 Å². The van der Waals surface area contributed by atoms with E-state index in [1.807, 2.05) is 50.2 Å². The van der Waals surface area contributed by atoms with Crippen LogP contribution >= 0.6 is 0 Å². The third-order valence-corrected chi connectivity index (χ3v) is 4.10. The van der Waals surface area contributed by atoms with E-state index in [9.17, 15) is 9.59 Å². The summed E-state index contributed by atoms with van der Waals surface area (Å²) in [5.41, 5.74) is 3.03. The van der Waals surface area contributed by atoms with Gasteiger partial charge in [-0.2, -0.15) is 0 Å². The first-order valence-electron chi connectivity index (χ1n) is 8.86. The van der Waals surface area contributed by atoms with Gasteiger partial charge in [0.1, 0.15) is 5.75 Å². The molecular weight excluding hydrogens is 342 g/mol. The predicted octanol–water partition coefficient (Wildman–Crippen LogP) is 3.83. The molecule has 5 heteroatoms. The van der Waals surface area contributed by atoms with Crippen molar-refractivity contribution in [3.63, 3.8) is 0 Å². The summed E-state index contributed by atoms with van der Waals surface area (Å²) in [6, 6.07) is 15.1. The fourth-order valence-corrected chi connectivity index (χ4v) is 2.52. The SMILES string of the molecule is CC[C@H](NC(=O)COC(=O)/C=C/c1ccc(OC)cc1)c1ccc(C)cc1. The van der Waals surface area contributed by atoms with E-state index in [0.717, 1.165) is 28.9 Å². The summed E-state index contributed by atoms with van der Waals surface area (Å²) in [6.45, 7) is 3.70. The molecule has 142 valence electrons. The molecule has 0 heterocycles. The van der Waals surface area contributed by atoms with Crippen LogP contribution in [0, 0.1) is 6.92 Å². The highest BCUT2D eigenvalue weighted by Gasteiger charge is 2.13. The Balaban J connectivity index is 1.81. The minimum Gasteiger partial charge on any atom is -0.497 e. The van der Waals surface area contributed by atoms with Crippen molar-refractivity contribution in [2.24, 2.45) is 0 Å². The minimum atomic E-state index is -0.565. The summed E-state index contributed by atoms with van der Waals surface area (Å²) in [7, 11) is 1.59. The van der Waals surface area contributed by atoms with Crippen molar-refractivity contribution >= 4 is 18.0 Å². The Morgan fingerprint density at radius 1 is 1.07 bits per heavy atom. The van der Waals surface area contributed by atoms with Crippen LogP contribution in [0.5, 0.6) is 5.75 Å². The number of methoxy groups -OCH3 is 1. The molecule has 0 aliphatic carbocycles. The van der Waals surface area contributed by atoms with E-state index in [4.69, 9.17) is 9.47 Å². The summed E-state index contributed by atoms with van der Waals surface area (Å²) < 4.78 is 10.1. The number of carbonyl (C=O) groups excluding carboxylic acids is 2. The number of benzene rings is 2. The van der Waals surface area contributed by atoms with Gasteiger partial charge in [0.05, 0.1) is 13.2 Å². The lowest BCUT2D eigenvalue weighted by molar-refractivity contribution is -0.144. The molecule has 0 saturated heterocycles. The van der Waals surface area contributed by atoms with Crippen molar-refractivity contribution in [1.82, 2.24) is 5.32 Å². The van der Waals surface area contributed by atoms with Crippen molar-refractivity contribution in [2.75, 3.05) is 13.7 Å². The molecule has 0 saturated carbocycles. The molecule has 27 heavy (non-hydrogen) atoms. The number of rotatable bonds is 8. The van der Waals surface area contributed by atoms with Crippen molar-refractivity contribution in [2.45, 2.75) is 26.3 Å². The van der Waals surface area contributed by atoms with Crippen LogP contribution in [0.3, 0.4) is 0 Å². The van der Waals surface area contributed by atoms with Crippen LogP contribution < -0.4 is 10.1 Å². The fourth-order valence-electron chi connectivity index (χ4n) is 2.52. The number of aryl methyl sites for hydroxylation is 1. The Bertz CT molecular complexity index is 779. The molecule has 0 aliphatic heterocycles. The summed E-state index contributed by atoms with van der Waals surface area (Å²) >= 11 is 0. The summed E-state index contributed by atoms with van der Waals surface area (Å²) in [6.07, 6.45) is 3.67. The number of carbonyl (C=O) groups is 2. The maximum atomic E-state index is 12.1. The van der Waals surface area contributed by atoms with Gasteiger partial charge < -0.3 is 14.8 Å². The molecule has 2 rings (SSSR count). The van der Waals surface area contributed by atoms with Gasteiger partial charge >= 0.3 is 5.97 Å². The number of hydrogen-bond acceptors (Lipinski definition) is 4. The smallest absolute Gasteiger partial charge is 0.331 e. The molecule has 2 aromatic rings. The molecule has 1 atom stereocenters. The number of esters is 1. The first-order valence-corrected chi connectivity index (χ1v) is 8.86. The van der Waals surface area contributed by atoms with Crippen LogP contribution in [-0.4, -0.2) is 25.6 Å². The van der Waals surface area contributed by atoms with E-state index < -0.39 is 5.97 Å². The third-order valence-electron chi connectivity index (χ3n) is 4.10. The first-order chi connectivity index (χ1) is 13.0. The normalized spacial score (nSPS) is 11.8. The van der Waals surface area contributed by atoms with Gasteiger partial charge in [-0.3, -0.25) is 4.79 Å². The van der Waals surface area contributed by atoms with Gasteiger partial charge in [-0.05, 0) is 42.7 Å². The van der Waals surface area contributed by atoms with Gasteiger partial charge in [-0.25, -0.2) is 4.79 Å². The molecule has 0 fully saturated rings. The second kappa shape index (κ2) is 10.2. The van der Waals surface area contributed by atoms with Gasteiger partial charge in [-0.15, -0.1) is 0 Å². The van der Waals surface area contributed by atoms with Crippen LogP contribution in [0.2, 0.25) is 0 Å². The van der Waals surface area contributed by atoms with Crippen LogP contribution in [-0.2, 0) is 14.3 Å². The van der Waals surface area contributed by atoms with E-state index in [-0.39, 0.29) is 18.6 Å². The molecule has 1 amide bonds. The van der Waals surface area contributed by atoms with Crippen LogP contribution in [0.25, 0.3) is 6.08 Å². The lowest BCUT2D eigenvalue weighted by Gasteiger charge is -2.17. The molecule has 0 bridgehead atoms. The highest BCUT2D eigenvalue weighted by Crippen LogP contribution is 2.17. The topological polar surface area (TPSA) is 64.6 Å². The highest BCUT2D eigenvalue weighted by molar-refractivity contribution is 5.89. The minimum absolute atomic E-state index is 0.105. The molecule has 0 aromatic heterocycles. The van der Waals surface area contributed by atoms with Gasteiger partial charge in [0, 0.05) is 6.08 Å². The quantitative estimate of drug-likeness (QED) is 0.569. The fraction of sp³-hybridized carbons (Fsp3) is 0.273. The summed E-state index contributed by atoms with van der Waals surface area (Å²) in [5.74, 6) is -0.150. The molecule has 5 nitrogen and oxygen atoms in total. The number of ether oxygens (including phenoxy) is 2. The summed E-state index contributed by atoms with van der Waals surface area (Å²) in [5, 5.41) is 2.89. The Morgan fingerprint density at radius 3 is 2.33 bits per heavy atom. The lowest BCUT2D eigenvalue weighted by atomic mass is 10.0. The molecule has 0 radical (unpaired) electrons. The molecule has 0 aliphatic rings. The van der Waals surface area contributed by atoms with E-state index in [1.165, 1.54) is 6.08 Å². The Labute approximate surface area is 160 Å². The zero-order valence-corrected chi connectivity index (χ0v) is 15.9. The zero-order valence-electron chi connectivity index (χ0n) is 15.9. The van der Waals surface area contributed by atoms with Gasteiger partial charge in [0.15, 0.2) is 6.61 Å². The second-order valence-corrected chi connectivity index (χ2v) is 6.15. The highest BCUT2D eigenvalue weighted by atomic mass is 16.5. The largest absolute Gasteiger partial charge is 0.497 e. The second-order valence-electron chi connectivity index (χ2n) is 6.15. The number of hydrogen-bond donors (Lipinski definition) is 1. The van der Waals surface area contributed by atoms with Crippen molar-refractivity contribution in [3.8, 4) is 5.75 Å². The van der Waals surface area contributed by atoms with E-state index in [0.29, 0.717) is 0 Å². The molecular formula is C22H25NO4. The molecule has 2 aromatic carbocycles. The Morgan fingerprint density at radius 2 is 1.74 bits per heavy atom. The van der Waals surface area contributed by atoms with Crippen molar-refractivity contribution in [3.05, 3.63) is 71.3 Å². The standard InChI is InChI=1S/C22H25NO4/c1-4-20(18-10-5-16(2)6-11-18)23-21(24)15-27-22(25)14-9-17-7-12-19(26-3)13-8-17/h5-14,20H,4,15H2,1-3H3,(H,23,24)/b14-9+/t20-/m0/s1. The van der Waals surface area contributed by atoms with Gasteiger partial charge in [-0.1, -0.05) is 48.9 Å². The average molecular weight is 367 g/mol. The maximum Gasteiger partial charge on any atom is 0.331 e. The van der Waals surface area contributed by atoms with E-state index in [2.05, 4.69) is 5.32 Å². The average Bonchev–Trinajstić information content (AvgIpc) is 2.70. The summed E-state index contributed by atoms with van der Waals surface area (Å²) in [4.78, 5) is 23.9. The first kappa shape index (κ1) is 20.2.